The van der Waals surface area contributed by atoms with Crippen LogP contribution in [0.5, 0.6) is 0 Å². The minimum absolute atomic E-state index is 0.183. The highest BCUT2D eigenvalue weighted by atomic mass is 35.5. The summed E-state index contributed by atoms with van der Waals surface area (Å²) < 4.78 is 0. The summed E-state index contributed by atoms with van der Waals surface area (Å²) >= 11 is 6.49. The van der Waals surface area contributed by atoms with Crippen molar-refractivity contribution in [1.29, 1.82) is 0 Å². The lowest BCUT2D eigenvalue weighted by molar-refractivity contribution is 0.443. The van der Waals surface area contributed by atoms with Gasteiger partial charge in [-0.1, -0.05) is 57.4 Å². The summed E-state index contributed by atoms with van der Waals surface area (Å²) in [6, 6.07) is 9.13. The average molecular weight is 279 g/mol. The van der Waals surface area contributed by atoms with E-state index in [2.05, 4.69) is 38.1 Å². The fourth-order valence-electron chi connectivity index (χ4n) is 3.06. The lowest BCUT2D eigenvalue weighted by Crippen LogP contribution is -2.04. The monoisotopic (exact) mass is 278 g/mol. The van der Waals surface area contributed by atoms with Crippen molar-refractivity contribution in [2.75, 3.05) is 0 Å². The van der Waals surface area contributed by atoms with Gasteiger partial charge in [-0.2, -0.15) is 0 Å². The van der Waals surface area contributed by atoms with E-state index in [1.54, 1.807) is 0 Å². The molecule has 1 saturated carbocycles. The molecular formula is C18H27Cl. The number of hydrogen-bond donors (Lipinski definition) is 0. The van der Waals surface area contributed by atoms with Crippen LogP contribution in [0.2, 0.25) is 0 Å². The van der Waals surface area contributed by atoms with Crippen molar-refractivity contribution >= 4 is 11.6 Å². The normalized spacial score (nSPS) is 18.7. The molecule has 0 aromatic heterocycles. The highest BCUT2D eigenvalue weighted by Crippen LogP contribution is 2.34. The van der Waals surface area contributed by atoms with Crippen LogP contribution in [-0.4, -0.2) is 0 Å². The first-order valence-corrected chi connectivity index (χ1v) is 8.34. The zero-order chi connectivity index (χ0) is 13.7. The van der Waals surface area contributed by atoms with Gasteiger partial charge >= 0.3 is 0 Å². The molecule has 0 N–H and O–H groups in total. The first-order valence-electron chi connectivity index (χ1n) is 7.90. The lowest BCUT2D eigenvalue weighted by atomic mass is 9.84. The maximum absolute atomic E-state index is 6.49. The number of rotatable bonds is 5. The van der Waals surface area contributed by atoms with Gasteiger partial charge in [-0.15, -0.1) is 11.6 Å². The maximum Gasteiger partial charge on any atom is 0.0585 e. The largest absolute Gasteiger partial charge is 0.118 e. The summed E-state index contributed by atoms with van der Waals surface area (Å²) in [5, 5.41) is 0.183. The van der Waals surface area contributed by atoms with E-state index in [1.165, 1.54) is 49.7 Å². The maximum atomic E-state index is 6.49. The quantitative estimate of drug-likeness (QED) is 0.543. The third-order valence-corrected chi connectivity index (χ3v) is 4.84. The molecule has 1 aromatic rings. The Balaban J connectivity index is 1.93. The molecule has 1 aliphatic carbocycles. The predicted molar refractivity (Wildman–Crippen MR) is 84.9 cm³/mol. The van der Waals surface area contributed by atoms with Crippen molar-refractivity contribution in [3.8, 4) is 0 Å². The van der Waals surface area contributed by atoms with E-state index in [-0.39, 0.29) is 5.38 Å². The molecular weight excluding hydrogens is 252 g/mol. The summed E-state index contributed by atoms with van der Waals surface area (Å²) in [5.74, 6) is 1.54. The summed E-state index contributed by atoms with van der Waals surface area (Å²) in [7, 11) is 0. The second kappa shape index (κ2) is 7.33. The Morgan fingerprint density at radius 1 is 1.00 bits per heavy atom. The van der Waals surface area contributed by atoms with E-state index in [4.69, 9.17) is 11.6 Å². The van der Waals surface area contributed by atoms with Crippen LogP contribution in [0.4, 0.5) is 0 Å². The topological polar surface area (TPSA) is 0 Å². The van der Waals surface area contributed by atoms with Crippen LogP contribution in [0, 0.1) is 5.92 Å². The smallest absolute Gasteiger partial charge is 0.0585 e. The summed E-state index contributed by atoms with van der Waals surface area (Å²) in [6.45, 7) is 4.52. The molecule has 2 rings (SSSR count). The first-order chi connectivity index (χ1) is 9.16. The average Bonchev–Trinajstić information content (AvgIpc) is 2.46. The van der Waals surface area contributed by atoms with Gasteiger partial charge in [0.05, 0.1) is 5.38 Å². The van der Waals surface area contributed by atoms with Gasteiger partial charge in [-0.25, -0.2) is 0 Å². The predicted octanol–water partition coefficient (Wildman–Crippen LogP) is 6.45. The molecule has 0 aliphatic heterocycles. The molecule has 1 heteroatoms. The van der Waals surface area contributed by atoms with Crippen LogP contribution in [0.3, 0.4) is 0 Å². The van der Waals surface area contributed by atoms with E-state index in [0.717, 1.165) is 18.3 Å². The SMILES string of the molecule is CC(C)CCC(Cl)c1ccc(C2CCCCC2)cc1. The van der Waals surface area contributed by atoms with Crippen molar-refractivity contribution in [2.24, 2.45) is 5.92 Å². The summed E-state index contributed by atoms with van der Waals surface area (Å²) in [5.41, 5.74) is 2.82. The van der Waals surface area contributed by atoms with Gasteiger partial charge in [0.25, 0.3) is 0 Å². The van der Waals surface area contributed by atoms with Crippen molar-refractivity contribution in [1.82, 2.24) is 0 Å². The van der Waals surface area contributed by atoms with Crippen LogP contribution in [0.25, 0.3) is 0 Å². The molecule has 106 valence electrons. The molecule has 0 radical (unpaired) electrons. The van der Waals surface area contributed by atoms with Gasteiger partial charge < -0.3 is 0 Å². The molecule has 1 aromatic carbocycles. The Kier molecular flexibility index (Phi) is 5.76. The minimum Gasteiger partial charge on any atom is -0.118 e. The molecule has 1 aliphatic rings. The fourth-order valence-corrected chi connectivity index (χ4v) is 3.33. The number of halogens is 1. The van der Waals surface area contributed by atoms with Crippen molar-refractivity contribution in [2.45, 2.75) is 70.1 Å². The van der Waals surface area contributed by atoms with E-state index < -0.39 is 0 Å². The molecule has 1 fully saturated rings. The molecule has 1 unspecified atom stereocenters. The Morgan fingerprint density at radius 3 is 2.21 bits per heavy atom. The van der Waals surface area contributed by atoms with Gasteiger partial charge in [-0.3, -0.25) is 0 Å². The zero-order valence-corrected chi connectivity index (χ0v) is 13.1. The van der Waals surface area contributed by atoms with Gasteiger partial charge in [0.15, 0.2) is 0 Å². The number of hydrogen-bond acceptors (Lipinski definition) is 0. The Labute approximate surface area is 123 Å². The molecule has 0 amide bonds. The van der Waals surface area contributed by atoms with Gasteiger partial charge in [0.2, 0.25) is 0 Å². The molecule has 0 nitrogen and oxygen atoms in total. The third-order valence-electron chi connectivity index (χ3n) is 4.37. The molecule has 1 atom stereocenters. The Bertz CT molecular complexity index is 360. The molecule has 0 saturated heterocycles. The lowest BCUT2D eigenvalue weighted by Gasteiger charge is -2.22. The minimum atomic E-state index is 0.183. The molecule has 0 bridgehead atoms. The summed E-state index contributed by atoms with van der Waals surface area (Å²) in [6.07, 6.45) is 9.26. The molecule has 19 heavy (non-hydrogen) atoms. The Morgan fingerprint density at radius 2 is 1.63 bits per heavy atom. The van der Waals surface area contributed by atoms with Gasteiger partial charge in [0, 0.05) is 0 Å². The van der Waals surface area contributed by atoms with E-state index >= 15 is 0 Å². The first kappa shape index (κ1) is 14.9. The summed E-state index contributed by atoms with van der Waals surface area (Å²) in [4.78, 5) is 0. The molecule has 0 spiro atoms. The van der Waals surface area contributed by atoms with Crippen molar-refractivity contribution in [3.05, 3.63) is 35.4 Å². The fraction of sp³-hybridized carbons (Fsp3) is 0.667. The Hall–Kier alpha value is -0.490. The highest BCUT2D eigenvalue weighted by molar-refractivity contribution is 6.20. The van der Waals surface area contributed by atoms with Crippen LogP contribution >= 0.6 is 11.6 Å². The molecule has 0 heterocycles. The van der Waals surface area contributed by atoms with Crippen molar-refractivity contribution < 1.29 is 0 Å². The standard InChI is InChI=1S/C18H27Cl/c1-14(2)8-13-18(19)17-11-9-16(10-12-17)15-6-4-3-5-7-15/h9-12,14-15,18H,3-8,13H2,1-2H3. The van der Waals surface area contributed by atoms with Crippen molar-refractivity contribution in [3.63, 3.8) is 0 Å². The van der Waals surface area contributed by atoms with E-state index in [1.807, 2.05) is 0 Å². The van der Waals surface area contributed by atoms with Crippen LogP contribution in [-0.2, 0) is 0 Å². The third kappa shape index (κ3) is 4.53. The van der Waals surface area contributed by atoms with E-state index in [9.17, 15) is 0 Å². The number of benzene rings is 1. The highest BCUT2D eigenvalue weighted by Gasteiger charge is 2.16. The van der Waals surface area contributed by atoms with Crippen LogP contribution in [0.15, 0.2) is 24.3 Å². The second-order valence-corrected chi connectivity index (χ2v) is 6.97. The second-order valence-electron chi connectivity index (χ2n) is 6.44. The van der Waals surface area contributed by atoms with Gasteiger partial charge in [-0.05, 0) is 48.6 Å². The zero-order valence-electron chi connectivity index (χ0n) is 12.4. The van der Waals surface area contributed by atoms with Gasteiger partial charge in [0.1, 0.15) is 0 Å². The van der Waals surface area contributed by atoms with Crippen LogP contribution in [0.1, 0.15) is 81.2 Å². The van der Waals surface area contributed by atoms with E-state index in [0.29, 0.717) is 0 Å². The van der Waals surface area contributed by atoms with Crippen LogP contribution < -0.4 is 0 Å². The number of alkyl halides is 1.